The van der Waals surface area contributed by atoms with E-state index in [2.05, 4.69) is 35.5 Å². The van der Waals surface area contributed by atoms with Crippen molar-refractivity contribution in [1.29, 1.82) is 0 Å². The van der Waals surface area contributed by atoms with Crippen molar-refractivity contribution >= 4 is 33.5 Å². The van der Waals surface area contributed by atoms with Gasteiger partial charge >= 0.3 is 0 Å². The number of amides is 1. The number of nitrogens with zero attached hydrogens (tertiary/aromatic N) is 5. The minimum atomic E-state index is -0.304. The van der Waals surface area contributed by atoms with E-state index in [1.165, 1.54) is 12.1 Å². The van der Waals surface area contributed by atoms with Gasteiger partial charge in [-0.05, 0) is 35.2 Å². The highest BCUT2D eigenvalue weighted by atomic mass is 19.1. The first kappa shape index (κ1) is 24.4. The number of nitrogens with one attached hydrogen (secondary N) is 3. The Morgan fingerprint density at radius 3 is 2.54 bits per heavy atom. The molecule has 5 aromatic heterocycles. The van der Waals surface area contributed by atoms with Gasteiger partial charge in [-0.1, -0.05) is 32.9 Å². The van der Waals surface area contributed by atoms with Gasteiger partial charge in [0, 0.05) is 35.3 Å². The summed E-state index contributed by atoms with van der Waals surface area (Å²) in [6.45, 7) is 6.06. The van der Waals surface area contributed by atoms with Gasteiger partial charge in [-0.15, -0.1) is 0 Å². The highest BCUT2D eigenvalue weighted by Crippen LogP contribution is 2.32. The highest BCUT2D eigenvalue weighted by Gasteiger charge is 2.18. The molecule has 3 N–H and O–H groups in total. The fourth-order valence-corrected chi connectivity index (χ4v) is 4.48. The van der Waals surface area contributed by atoms with Gasteiger partial charge in [-0.25, -0.2) is 9.37 Å². The lowest BCUT2D eigenvalue weighted by Gasteiger charge is -2.17. The zero-order valence-corrected chi connectivity index (χ0v) is 21.6. The van der Waals surface area contributed by atoms with Crippen LogP contribution in [-0.2, 0) is 4.79 Å². The molecular weight excluding hydrogens is 495 g/mol. The third-order valence-electron chi connectivity index (χ3n) is 6.23. The predicted molar refractivity (Wildman–Crippen MR) is 148 cm³/mol. The van der Waals surface area contributed by atoms with Gasteiger partial charge in [0.25, 0.3) is 0 Å². The Morgan fingerprint density at radius 1 is 0.949 bits per heavy atom. The number of carbonyl (C=O) groups excluding carboxylic acids is 1. The molecular formula is C29H25FN8O. The van der Waals surface area contributed by atoms with E-state index < -0.39 is 0 Å². The number of benzene rings is 1. The number of imidazole rings is 1. The van der Waals surface area contributed by atoms with E-state index in [1.54, 1.807) is 43.1 Å². The van der Waals surface area contributed by atoms with Crippen LogP contribution in [0.3, 0.4) is 0 Å². The summed E-state index contributed by atoms with van der Waals surface area (Å²) in [5, 5.41) is 11.3. The molecule has 1 amide bonds. The Balaban J connectivity index is 1.36. The van der Waals surface area contributed by atoms with Crippen LogP contribution in [0, 0.1) is 11.2 Å². The second-order valence-electron chi connectivity index (χ2n) is 10.6. The average Bonchev–Trinajstić information content (AvgIpc) is 3.52. The van der Waals surface area contributed by atoms with Crippen LogP contribution in [0.15, 0.2) is 67.4 Å². The van der Waals surface area contributed by atoms with Gasteiger partial charge in [-0.2, -0.15) is 5.10 Å². The van der Waals surface area contributed by atoms with E-state index in [1.807, 2.05) is 32.9 Å². The first-order valence-electron chi connectivity index (χ1n) is 12.4. The molecule has 0 aliphatic rings. The van der Waals surface area contributed by atoms with Gasteiger partial charge in [-0.3, -0.25) is 24.8 Å². The monoisotopic (exact) mass is 520 g/mol. The fourth-order valence-electron chi connectivity index (χ4n) is 4.48. The van der Waals surface area contributed by atoms with Crippen molar-refractivity contribution in [3.05, 3.63) is 73.2 Å². The number of anilines is 1. The summed E-state index contributed by atoms with van der Waals surface area (Å²) >= 11 is 0. The SMILES string of the molecule is CC(C)(C)CC(=O)Nc1cncc(-c2cc3c(-c4nc5c(-c6ccc(F)cc6)cncc5[nH]4)n[nH]c3cn2)c1. The van der Waals surface area contributed by atoms with Crippen LogP contribution in [0.25, 0.3) is 55.8 Å². The average molecular weight is 521 g/mol. The molecule has 0 bridgehead atoms. The molecule has 6 rings (SSSR count). The first-order chi connectivity index (χ1) is 18.7. The van der Waals surface area contributed by atoms with Gasteiger partial charge < -0.3 is 10.3 Å². The number of rotatable bonds is 5. The van der Waals surface area contributed by atoms with Crippen molar-refractivity contribution in [2.75, 3.05) is 5.32 Å². The Bertz CT molecular complexity index is 1830. The molecule has 5 heterocycles. The molecule has 0 spiro atoms. The maximum absolute atomic E-state index is 13.5. The topological polar surface area (TPSA) is 125 Å². The molecule has 9 nitrogen and oxygen atoms in total. The Labute approximate surface area is 223 Å². The van der Waals surface area contributed by atoms with Crippen molar-refractivity contribution in [1.82, 2.24) is 35.1 Å². The number of aromatic nitrogens is 7. The van der Waals surface area contributed by atoms with Crippen LogP contribution in [0.4, 0.5) is 10.1 Å². The number of H-pyrrole nitrogens is 2. The Morgan fingerprint density at radius 2 is 1.74 bits per heavy atom. The van der Waals surface area contributed by atoms with Crippen molar-refractivity contribution in [3.63, 3.8) is 0 Å². The Kier molecular flexibility index (Phi) is 5.86. The fraction of sp³-hybridized carbons (Fsp3) is 0.172. The minimum Gasteiger partial charge on any atom is -0.335 e. The quantitative estimate of drug-likeness (QED) is 0.251. The van der Waals surface area contributed by atoms with Crippen molar-refractivity contribution in [2.24, 2.45) is 5.41 Å². The summed E-state index contributed by atoms with van der Waals surface area (Å²) in [6, 6.07) is 10.0. The first-order valence-corrected chi connectivity index (χ1v) is 12.4. The standard InChI is InChI=1S/C29H25FN8O/c1-29(2,3)10-25(39)34-19-8-17(11-31-12-19)22-9-20-23(15-33-22)37-38-27(20)28-35-24-14-32-13-21(26(24)36-28)16-4-6-18(30)7-5-16/h4-9,11-15H,10H2,1-3H3,(H,34,39)(H,35,36)(H,37,38). The van der Waals surface area contributed by atoms with E-state index in [4.69, 9.17) is 4.98 Å². The molecule has 0 radical (unpaired) electrons. The summed E-state index contributed by atoms with van der Waals surface area (Å²) in [6.07, 6.45) is 8.84. The normalized spacial score (nSPS) is 11.8. The number of hydrogen-bond donors (Lipinski definition) is 3. The summed E-state index contributed by atoms with van der Waals surface area (Å²) in [5.41, 5.74) is 6.33. The van der Waals surface area contributed by atoms with E-state index >= 15 is 0 Å². The molecule has 0 saturated heterocycles. The highest BCUT2D eigenvalue weighted by molar-refractivity contribution is 5.97. The predicted octanol–water partition coefficient (Wildman–Crippen LogP) is 6.14. The third-order valence-corrected chi connectivity index (χ3v) is 6.23. The number of carbonyl (C=O) groups is 1. The number of aromatic amines is 2. The van der Waals surface area contributed by atoms with Crippen LogP contribution in [-0.4, -0.2) is 41.0 Å². The summed E-state index contributed by atoms with van der Waals surface area (Å²) in [4.78, 5) is 33.8. The Hall–Kier alpha value is -4.99. The maximum atomic E-state index is 13.5. The maximum Gasteiger partial charge on any atom is 0.224 e. The number of fused-ring (bicyclic) bond motifs is 2. The molecule has 0 aliphatic heterocycles. The molecule has 6 aromatic rings. The zero-order chi connectivity index (χ0) is 27.1. The van der Waals surface area contributed by atoms with E-state index in [0.717, 1.165) is 33.1 Å². The molecule has 39 heavy (non-hydrogen) atoms. The zero-order valence-electron chi connectivity index (χ0n) is 21.6. The van der Waals surface area contributed by atoms with E-state index in [9.17, 15) is 9.18 Å². The summed E-state index contributed by atoms with van der Waals surface area (Å²) in [5.74, 6) is 0.189. The molecule has 0 atom stereocenters. The van der Waals surface area contributed by atoms with Crippen molar-refractivity contribution in [2.45, 2.75) is 27.2 Å². The lowest BCUT2D eigenvalue weighted by Crippen LogP contribution is -2.19. The van der Waals surface area contributed by atoms with Gasteiger partial charge in [0.05, 0.1) is 46.5 Å². The lowest BCUT2D eigenvalue weighted by molar-refractivity contribution is -0.117. The molecule has 10 heteroatoms. The second kappa shape index (κ2) is 9.39. The lowest BCUT2D eigenvalue weighted by atomic mass is 9.92. The molecule has 0 aliphatic carbocycles. The van der Waals surface area contributed by atoms with Crippen LogP contribution in [0.5, 0.6) is 0 Å². The third kappa shape index (κ3) is 4.96. The van der Waals surface area contributed by atoms with Crippen molar-refractivity contribution < 1.29 is 9.18 Å². The molecule has 0 saturated carbocycles. The minimum absolute atomic E-state index is 0.0682. The summed E-state index contributed by atoms with van der Waals surface area (Å²) in [7, 11) is 0. The molecule has 1 aromatic carbocycles. The molecule has 0 fully saturated rings. The largest absolute Gasteiger partial charge is 0.335 e. The van der Waals surface area contributed by atoms with Gasteiger partial charge in [0.1, 0.15) is 11.5 Å². The van der Waals surface area contributed by atoms with Crippen molar-refractivity contribution in [3.8, 4) is 33.9 Å². The molecule has 0 unspecified atom stereocenters. The van der Waals surface area contributed by atoms with Crippen LogP contribution < -0.4 is 5.32 Å². The number of hydrogen-bond acceptors (Lipinski definition) is 6. The smallest absolute Gasteiger partial charge is 0.224 e. The van der Waals surface area contributed by atoms with E-state index in [-0.39, 0.29) is 17.1 Å². The van der Waals surface area contributed by atoms with Crippen LogP contribution >= 0.6 is 0 Å². The van der Waals surface area contributed by atoms with E-state index in [0.29, 0.717) is 34.8 Å². The number of halogens is 1. The van der Waals surface area contributed by atoms with Gasteiger partial charge in [0.15, 0.2) is 5.82 Å². The summed E-state index contributed by atoms with van der Waals surface area (Å²) < 4.78 is 13.5. The van der Waals surface area contributed by atoms with Crippen LogP contribution in [0.2, 0.25) is 0 Å². The second-order valence-corrected chi connectivity index (χ2v) is 10.6. The molecule has 194 valence electrons. The van der Waals surface area contributed by atoms with Crippen LogP contribution in [0.1, 0.15) is 27.2 Å². The van der Waals surface area contributed by atoms with Gasteiger partial charge in [0.2, 0.25) is 5.91 Å². The number of pyridine rings is 3.